The van der Waals surface area contributed by atoms with Crippen molar-refractivity contribution in [2.45, 2.75) is 20.8 Å². The van der Waals surface area contributed by atoms with E-state index in [2.05, 4.69) is 22.5 Å². The second-order valence-electron chi connectivity index (χ2n) is 2.97. The Labute approximate surface area is 111 Å². The summed E-state index contributed by atoms with van der Waals surface area (Å²) >= 11 is 3.28. The number of carboxylic acid groups (broad SMARTS) is 1. The van der Waals surface area contributed by atoms with Gasteiger partial charge in [-0.15, -0.1) is 0 Å². The standard InChI is InChI=1S/C12H11BrO2.C2H6/c1-3-5-8-6-9(13)7-11(12(14)15)10(8)4-2;1-2/h3-7H,2H2,1H3,(H,14,15);1-2H3/b5-3-;. The van der Waals surface area contributed by atoms with Crippen LogP contribution in [-0.2, 0) is 0 Å². The number of allylic oxidation sites excluding steroid dienone is 1. The maximum Gasteiger partial charge on any atom is 0.336 e. The molecule has 3 heteroatoms. The van der Waals surface area contributed by atoms with E-state index in [9.17, 15) is 4.79 Å². The zero-order valence-electron chi connectivity index (χ0n) is 10.3. The molecule has 0 heterocycles. The van der Waals surface area contributed by atoms with Gasteiger partial charge in [0.05, 0.1) is 5.56 Å². The van der Waals surface area contributed by atoms with Crippen LogP contribution in [0.4, 0.5) is 0 Å². The maximum absolute atomic E-state index is 11.0. The molecule has 1 N–H and O–H groups in total. The van der Waals surface area contributed by atoms with Crippen molar-refractivity contribution >= 4 is 34.1 Å². The molecule has 0 aliphatic carbocycles. The van der Waals surface area contributed by atoms with Gasteiger partial charge in [-0.25, -0.2) is 4.79 Å². The molecule has 0 aliphatic rings. The minimum absolute atomic E-state index is 0.257. The maximum atomic E-state index is 11.0. The van der Waals surface area contributed by atoms with Crippen molar-refractivity contribution in [1.29, 1.82) is 0 Å². The third-order valence-corrected chi connectivity index (χ3v) is 2.42. The molecule has 0 spiro atoms. The Morgan fingerprint density at radius 3 is 2.41 bits per heavy atom. The SMILES string of the molecule is C=Cc1c(/C=C\C)cc(Br)cc1C(=O)O.CC. The number of hydrogen-bond acceptors (Lipinski definition) is 1. The molecule has 2 nitrogen and oxygen atoms in total. The van der Waals surface area contributed by atoms with E-state index in [-0.39, 0.29) is 5.56 Å². The lowest BCUT2D eigenvalue weighted by Crippen LogP contribution is -2.01. The largest absolute Gasteiger partial charge is 0.478 e. The van der Waals surface area contributed by atoms with Gasteiger partial charge in [0.2, 0.25) is 0 Å². The Morgan fingerprint density at radius 1 is 1.41 bits per heavy atom. The first-order valence-corrected chi connectivity index (χ1v) is 6.21. The van der Waals surface area contributed by atoms with Gasteiger partial charge in [-0.2, -0.15) is 0 Å². The predicted molar refractivity (Wildman–Crippen MR) is 77.2 cm³/mol. The van der Waals surface area contributed by atoms with Crippen LogP contribution in [0.15, 0.2) is 29.3 Å². The molecule has 92 valence electrons. The third kappa shape index (κ3) is 4.19. The van der Waals surface area contributed by atoms with E-state index >= 15 is 0 Å². The van der Waals surface area contributed by atoms with Crippen molar-refractivity contribution in [3.63, 3.8) is 0 Å². The molecule has 0 unspecified atom stereocenters. The monoisotopic (exact) mass is 296 g/mol. The summed E-state index contributed by atoms with van der Waals surface area (Å²) in [7, 11) is 0. The van der Waals surface area contributed by atoms with Crippen LogP contribution < -0.4 is 0 Å². The lowest BCUT2D eigenvalue weighted by Gasteiger charge is -2.06. The number of aromatic carboxylic acids is 1. The summed E-state index contributed by atoms with van der Waals surface area (Å²) in [6.07, 6.45) is 5.28. The Hall–Kier alpha value is -1.35. The van der Waals surface area contributed by atoms with Crippen molar-refractivity contribution in [2.75, 3.05) is 0 Å². The molecular formula is C14H17BrO2. The lowest BCUT2D eigenvalue weighted by molar-refractivity contribution is 0.0696. The molecule has 0 amide bonds. The highest BCUT2D eigenvalue weighted by atomic mass is 79.9. The van der Waals surface area contributed by atoms with Gasteiger partial charge in [0, 0.05) is 4.47 Å². The Bertz CT molecular complexity index is 434. The van der Waals surface area contributed by atoms with Crippen molar-refractivity contribution in [2.24, 2.45) is 0 Å². The molecular weight excluding hydrogens is 280 g/mol. The number of carboxylic acids is 1. The quantitative estimate of drug-likeness (QED) is 0.866. The zero-order valence-corrected chi connectivity index (χ0v) is 11.9. The molecule has 1 rings (SSSR count). The first-order valence-electron chi connectivity index (χ1n) is 5.42. The van der Waals surface area contributed by atoms with Crippen LogP contribution in [0.1, 0.15) is 42.3 Å². The Kier molecular flexibility index (Phi) is 7.22. The summed E-state index contributed by atoms with van der Waals surface area (Å²) in [6.45, 7) is 9.52. The van der Waals surface area contributed by atoms with Crippen LogP contribution in [0.25, 0.3) is 12.2 Å². The van der Waals surface area contributed by atoms with Gasteiger partial charge in [0.15, 0.2) is 0 Å². The number of hydrogen-bond donors (Lipinski definition) is 1. The van der Waals surface area contributed by atoms with Crippen LogP contribution in [0.5, 0.6) is 0 Å². The summed E-state index contributed by atoms with van der Waals surface area (Å²) < 4.78 is 0.749. The molecule has 0 radical (unpaired) electrons. The minimum atomic E-state index is -0.947. The average Bonchev–Trinajstić information content (AvgIpc) is 2.31. The molecule has 0 bridgehead atoms. The van der Waals surface area contributed by atoms with E-state index in [0.717, 1.165) is 10.0 Å². The summed E-state index contributed by atoms with van der Waals surface area (Å²) in [5, 5.41) is 9.02. The van der Waals surface area contributed by atoms with Crippen molar-refractivity contribution in [3.8, 4) is 0 Å². The van der Waals surface area contributed by atoms with E-state index in [1.165, 1.54) is 0 Å². The van der Waals surface area contributed by atoms with E-state index in [1.807, 2.05) is 39.0 Å². The van der Waals surface area contributed by atoms with Gasteiger partial charge in [0.1, 0.15) is 0 Å². The van der Waals surface area contributed by atoms with Crippen molar-refractivity contribution < 1.29 is 9.90 Å². The van der Waals surface area contributed by atoms with Gasteiger partial charge >= 0.3 is 5.97 Å². The Morgan fingerprint density at radius 2 is 2.00 bits per heavy atom. The summed E-state index contributed by atoms with van der Waals surface area (Å²) in [6, 6.07) is 3.44. The van der Waals surface area contributed by atoms with Crippen LogP contribution in [0.2, 0.25) is 0 Å². The van der Waals surface area contributed by atoms with E-state index in [4.69, 9.17) is 5.11 Å². The molecule has 1 aromatic rings. The highest BCUT2D eigenvalue weighted by Crippen LogP contribution is 2.24. The number of rotatable bonds is 3. The fourth-order valence-electron chi connectivity index (χ4n) is 1.36. The van der Waals surface area contributed by atoms with E-state index in [0.29, 0.717) is 5.56 Å². The molecule has 0 fully saturated rings. The fourth-order valence-corrected chi connectivity index (χ4v) is 1.84. The fraction of sp³-hybridized carbons (Fsp3) is 0.214. The second kappa shape index (κ2) is 7.85. The molecule has 17 heavy (non-hydrogen) atoms. The number of carbonyl (C=O) groups is 1. The molecule has 0 saturated heterocycles. The normalized spacial score (nSPS) is 9.65. The van der Waals surface area contributed by atoms with Gasteiger partial charge in [-0.1, -0.05) is 54.6 Å². The highest BCUT2D eigenvalue weighted by Gasteiger charge is 2.11. The summed E-state index contributed by atoms with van der Waals surface area (Å²) in [5.41, 5.74) is 1.75. The topological polar surface area (TPSA) is 37.3 Å². The summed E-state index contributed by atoms with van der Waals surface area (Å²) in [4.78, 5) is 11.0. The first-order chi connectivity index (χ1) is 8.10. The van der Waals surface area contributed by atoms with Crippen LogP contribution in [0, 0.1) is 0 Å². The smallest absolute Gasteiger partial charge is 0.336 e. The molecule has 1 aromatic carbocycles. The lowest BCUT2D eigenvalue weighted by atomic mass is 10.0. The highest BCUT2D eigenvalue weighted by molar-refractivity contribution is 9.10. The number of halogens is 1. The van der Waals surface area contributed by atoms with E-state index < -0.39 is 5.97 Å². The molecule has 0 saturated carbocycles. The number of benzene rings is 1. The Balaban J connectivity index is 0.00000121. The molecule has 0 atom stereocenters. The third-order valence-electron chi connectivity index (χ3n) is 1.96. The van der Waals surface area contributed by atoms with Gasteiger partial charge in [-0.3, -0.25) is 0 Å². The molecule has 0 aliphatic heterocycles. The van der Waals surface area contributed by atoms with Gasteiger partial charge < -0.3 is 5.11 Å². The second-order valence-corrected chi connectivity index (χ2v) is 3.88. The van der Waals surface area contributed by atoms with Crippen LogP contribution in [0.3, 0.4) is 0 Å². The zero-order chi connectivity index (χ0) is 13.4. The molecule has 0 aromatic heterocycles. The van der Waals surface area contributed by atoms with Crippen molar-refractivity contribution in [3.05, 3.63) is 46.0 Å². The predicted octanol–water partition coefficient (Wildman–Crippen LogP) is 4.85. The van der Waals surface area contributed by atoms with Gasteiger partial charge in [-0.05, 0) is 30.2 Å². The summed E-state index contributed by atoms with van der Waals surface area (Å²) in [5.74, 6) is -0.947. The minimum Gasteiger partial charge on any atom is -0.478 e. The van der Waals surface area contributed by atoms with Gasteiger partial charge in [0.25, 0.3) is 0 Å². The van der Waals surface area contributed by atoms with E-state index in [1.54, 1.807) is 12.1 Å². The van der Waals surface area contributed by atoms with Crippen molar-refractivity contribution in [1.82, 2.24) is 0 Å². The first kappa shape index (κ1) is 15.7. The van der Waals surface area contributed by atoms with Crippen LogP contribution >= 0.6 is 15.9 Å². The van der Waals surface area contributed by atoms with Crippen LogP contribution in [-0.4, -0.2) is 11.1 Å². The average molecular weight is 297 g/mol.